The van der Waals surface area contributed by atoms with Crippen LogP contribution in [0.15, 0.2) is 24.3 Å². The van der Waals surface area contributed by atoms with Gasteiger partial charge in [-0.3, -0.25) is 4.79 Å². The highest BCUT2D eigenvalue weighted by molar-refractivity contribution is 5.87. The fraction of sp³-hybridized carbons (Fsp3) is 0.562. The summed E-state index contributed by atoms with van der Waals surface area (Å²) in [5.41, 5.74) is 2.10. The topological polar surface area (TPSA) is 26.3 Å². The lowest BCUT2D eigenvalue weighted by Crippen LogP contribution is -2.46. The maximum Gasteiger partial charge on any atom is 0.164 e. The number of carbonyl (C=O) groups excluding carboxylic acids is 1. The van der Waals surface area contributed by atoms with Gasteiger partial charge in [-0.1, -0.05) is 38.1 Å². The molecule has 1 unspecified atom stereocenters. The summed E-state index contributed by atoms with van der Waals surface area (Å²) in [6.45, 7) is 4.69. The average Bonchev–Trinajstić information content (AvgIpc) is 2.44. The Kier molecular flexibility index (Phi) is 4.18. The molecular weight excluding hydrogens is 224 g/mol. The van der Waals surface area contributed by atoms with Gasteiger partial charge in [0.1, 0.15) is 5.60 Å². The van der Waals surface area contributed by atoms with Crippen LogP contribution in [0.5, 0.6) is 0 Å². The minimum atomic E-state index is -0.556. The van der Waals surface area contributed by atoms with Crippen LogP contribution in [0.25, 0.3) is 0 Å². The van der Waals surface area contributed by atoms with Crippen molar-refractivity contribution in [3.63, 3.8) is 0 Å². The first-order valence-corrected chi connectivity index (χ1v) is 6.96. The van der Waals surface area contributed by atoms with Gasteiger partial charge in [0.25, 0.3) is 0 Å². The molecule has 0 saturated heterocycles. The van der Waals surface area contributed by atoms with E-state index in [2.05, 4.69) is 25.1 Å². The third-order valence-electron chi connectivity index (χ3n) is 3.80. The Morgan fingerprint density at radius 2 is 2.00 bits per heavy atom. The molecule has 2 heteroatoms. The van der Waals surface area contributed by atoms with Crippen molar-refractivity contribution in [1.82, 2.24) is 0 Å². The third-order valence-corrected chi connectivity index (χ3v) is 3.80. The minimum Gasteiger partial charge on any atom is -0.367 e. The molecule has 0 fully saturated rings. The van der Waals surface area contributed by atoms with Crippen LogP contribution in [0.2, 0.25) is 0 Å². The van der Waals surface area contributed by atoms with Gasteiger partial charge in [0, 0.05) is 19.4 Å². The van der Waals surface area contributed by atoms with E-state index in [-0.39, 0.29) is 5.78 Å². The molecule has 0 heterocycles. The second-order valence-corrected chi connectivity index (χ2v) is 5.06. The van der Waals surface area contributed by atoms with Crippen LogP contribution in [0.3, 0.4) is 0 Å². The highest BCUT2D eigenvalue weighted by Crippen LogP contribution is 2.33. The molecule has 0 saturated carbocycles. The van der Waals surface area contributed by atoms with Crippen molar-refractivity contribution in [1.29, 1.82) is 0 Å². The summed E-state index contributed by atoms with van der Waals surface area (Å²) in [7, 11) is 0. The van der Waals surface area contributed by atoms with Gasteiger partial charge < -0.3 is 4.74 Å². The van der Waals surface area contributed by atoms with Crippen LogP contribution >= 0.6 is 0 Å². The quantitative estimate of drug-likeness (QED) is 0.796. The standard InChI is InChI=1S/C16H22O2/c1-3-11-18-16(15(17)4-2)10-9-13-7-5-6-8-14(13)12-16/h5-8H,3-4,9-12H2,1-2H3. The van der Waals surface area contributed by atoms with Gasteiger partial charge in [-0.05, 0) is 30.4 Å². The molecule has 0 radical (unpaired) electrons. The number of hydrogen-bond acceptors (Lipinski definition) is 2. The Bertz CT molecular complexity index is 425. The summed E-state index contributed by atoms with van der Waals surface area (Å²) in [5.74, 6) is 0.255. The Labute approximate surface area is 109 Å². The SMILES string of the molecule is CCCOC1(C(=O)CC)CCc2ccccc2C1. The molecule has 98 valence electrons. The second-order valence-electron chi connectivity index (χ2n) is 5.06. The number of Topliss-reactive ketones (excluding diaryl/α,β-unsaturated/α-hetero) is 1. The summed E-state index contributed by atoms with van der Waals surface area (Å²) >= 11 is 0. The highest BCUT2D eigenvalue weighted by atomic mass is 16.5. The van der Waals surface area contributed by atoms with E-state index < -0.39 is 5.60 Å². The van der Waals surface area contributed by atoms with E-state index in [1.807, 2.05) is 13.0 Å². The van der Waals surface area contributed by atoms with Crippen molar-refractivity contribution < 1.29 is 9.53 Å². The van der Waals surface area contributed by atoms with Crippen LogP contribution in [0.4, 0.5) is 0 Å². The van der Waals surface area contributed by atoms with Crippen LogP contribution in [-0.4, -0.2) is 18.0 Å². The van der Waals surface area contributed by atoms with Crippen molar-refractivity contribution in [3.8, 4) is 0 Å². The first kappa shape index (κ1) is 13.3. The summed E-state index contributed by atoms with van der Waals surface area (Å²) in [6.07, 6.45) is 4.05. The summed E-state index contributed by atoms with van der Waals surface area (Å²) < 4.78 is 5.98. The molecule has 0 aliphatic heterocycles. The number of ether oxygens (including phenoxy) is 1. The van der Waals surface area contributed by atoms with Crippen LogP contribution in [0.1, 0.15) is 44.2 Å². The minimum absolute atomic E-state index is 0.255. The number of aryl methyl sites for hydroxylation is 1. The maximum absolute atomic E-state index is 12.3. The lowest BCUT2D eigenvalue weighted by atomic mass is 9.77. The Hall–Kier alpha value is -1.15. The third kappa shape index (κ3) is 2.49. The zero-order valence-corrected chi connectivity index (χ0v) is 11.4. The zero-order valence-electron chi connectivity index (χ0n) is 11.4. The average molecular weight is 246 g/mol. The molecule has 1 aliphatic rings. The van der Waals surface area contributed by atoms with E-state index in [0.29, 0.717) is 13.0 Å². The van der Waals surface area contributed by atoms with Crippen LogP contribution in [0, 0.1) is 0 Å². The van der Waals surface area contributed by atoms with Gasteiger partial charge >= 0.3 is 0 Å². The maximum atomic E-state index is 12.3. The number of fused-ring (bicyclic) bond motifs is 1. The molecule has 18 heavy (non-hydrogen) atoms. The molecule has 0 spiro atoms. The normalized spacial score (nSPS) is 22.6. The molecule has 1 aromatic carbocycles. The number of carbonyl (C=O) groups is 1. The van der Waals surface area contributed by atoms with Crippen LogP contribution < -0.4 is 0 Å². The van der Waals surface area contributed by atoms with Gasteiger partial charge in [-0.2, -0.15) is 0 Å². The predicted molar refractivity (Wildman–Crippen MR) is 72.7 cm³/mol. The number of rotatable bonds is 5. The predicted octanol–water partition coefficient (Wildman–Crippen LogP) is 3.32. The fourth-order valence-corrected chi connectivity index (χ4v) is 2.77. The molecule has 0 aromatic heterocycles. The number of ketones is 1. The van der Waals surface area contributed by atoms with Crippen molar-refractivity contribution >= 4 is 5.78 Å². The summed E-state index contributed by atoms with van der Waals surface area (Å²) in [4.78, 5) is 12.3. The molecule has 1 aliphatic carbocycles. The fourth-order valence-electron chi connectivity index (χ4n) is 2.77. The van der Waals surface area contributed by atoms with Crippen molar-refractivity contribution in [2.75, 3.05) is 6.61 Å². The van der Waals surface area contributed by atoms with Crippen LogP contribution in [-0.2, 0) is 22.4 Å². The van der Waals surface area contributed by atoms with Gasteiger partial charge in [-0.25, -0.2) is 0 Å². The molecule has 2 rings (SSSR count). The Morgan fingerprint density at radius 1 is 1.28 bits per heavy atom. The lowest BCUT2D eigenvalue weighted by molar-refractivity contribution is -0.146. The molecule has 0 amide bonds. The molecule has 1 atom stereocenters. The van der Waals surface area contributed by atoms with Gasteiger partial charge in [0.2, 0.25) is 0 Å². The first-order chi connectivity index (χ1) is 8.72. The van der Waals surface area contributed by atoms with Gasteiger partial charge in [-0.15, -0.1) is 0 Å². The Balaban J connectivity index is 2.25. The van der Waals surface area contributed by atoms with Crippen molar-refractivity contribution in [2.24, 2.45) is 0 Å². The van der Waals surface area contributed by atoms with E-state index in [1.165, 1.54) is 11.1 Å². The van der Waals surface area contributed by atoms with Crippen molar-refractivity contribution in [3.05, 3.63) is 35.4 Å². The lowest BCUT2D eigenvalue weighted by Gasteiger charge is -2.36. The first-order valence-electron chi connectivity index (χ1n) is 6.96. The molecule has 2 nitrogen and oxygen atoms in total. The molecule has 1 aromatic rings. The van der Waals surface area contributed by atoms with E-state index in [9.17, 15) is 4.79 Å². The monoisotopic (exact) mass is 246 g/mol. The number of hydrogen-bond donors (Lipinski definition) is 0. The van der Waals surface area contributed by atoms with E-state index in [1.54, 1.807) is 0 Å². The molecule has 0 bridgehead atoms. The summed E-state index contributed by atoms with van der Waals surface area (Å²) in [5, 5.41) is 0. The van der Waals surface area contributed by atoms with Crippen molar-refractivity contribution in [2.45, 2.75) is 51.6 Å². The zero-order chi connectivity index (χ0) is 13.0. The highest BCUT2D eigenvalue weighted by Gasteiger charge is 2.40. The van der Waals surface area contributed by atoms with E-state index >= 15 is 0 Å². The Morgan fingerprint density at radius 3 is 2.67 bits per heavy atom. The van der Waals surface area contributed by atoms with E-state index in [0.717, 1.165) is 25.7 Å². The molecular formula is C16H22O2. The van der Waals surface area contributed by atoms with E-state index in [4.69, 9.17) is 4.74 Å². The molecule has 0 N–H and O–H groups in total. The summed E-state index contributed by atoms with van der Waals surface area (Å²) in [6, 6.07) is 8.41. The second kappa shape index (κ2) is 5.66. The smallest absolute Gasteiger partial charge is 0.164 e. The van der Waals surface area contributed by atoms with Gasteiger partial charge in [0.05, 0.1) is 0 Å². The van der Waals surface area contributed by atoms with Gasteiger partial charge in [0.15, 0.2) is 5.78 Å². The number of benzene rings is 1. The largest absolute Gasteiger partial charge is 0.367 e.